The molecule has 0 aliphatic carbocycles. The number of rotatable bonds is 6. The van der Waals surface area contributed by atoms with E-state index in [1.165, 1.54) is 0 Å². The maximum Gasteiger partial charge on any atom is 0.257 e. The number of hydrogen-bond acceptors (Lipinski definition) is 7. The number of nitrogens with zero attached hydrogens (tertiary/aromatic N) is 3. The average molecular weight is 466 g/mol. The van der Waals surface area contributed by atoms with E-state index in [0.717, 1.165) is 42.8 Å². The van der Waals surface area contributed by atoms with Crippen LogP contribution in [0.3, 0.4) is 0 Å². The zero-order valence-corrected chi connectivity index (χ0v) is 19.7. The molecule has 3 heterocycles. The monoisotopic (exact) mass is 465 g/mol. The van der Waals surface area contributed by atoms with E-state index in [2.05, 4.69) is 4.90 Å². The molecule has 0 bridgehead atoms. The Labute approximate surface area is 200 Å². The van der Waals surface area contributed by atoms with Crippen LogP contribution in [0.5, 0.6) is 11.5 Å². The van der Waals surface area contributed by atoms with Crippen molar-refractivity contribution in [2.45, 2.75) is 31.1 Å². The van der Waals surface area contributed by atoms with Gasteiger partial charge in [-0.3, -0.25) is 9.69 Å². The van der Waals surface area contributed by atoms with Crippen molar-refractivity contribution < 1.29 is 23.7 Å². The van der Waals surface area contributed by atoms with Gasteiger partial charge in [0.25, 0.3) is 5.91 Å². The van der Waals surface area contributed by atoms with Crippen LogP contribution in [0.25, 0.3) is 0 Å². The topological polar surface area (TPSA) is 72.8 Å². The Bertz CT molecular complexity index is 1040. The number of amides is 1. The highest BCUT2D eigenvalue weighted by Gasteiger charge is 2.41. The number of carbonyl (C=O) groups is 1. The molecule has 2 fully saturated rings. The molecule has 8 heteroatoms. The van der Waals surface area contributed by atoms with E-state index in [0.29, 0.717) is 37.7 Å². The van der Waals surface area contributed by atoms with E-state index in [4.69, 9.17) is 24.0 Å². The highest BCUT2D eigenvalue weighted by Crippen LogP contribution is 2.37. The number of likely N-dealkylation sites (tertiary alicyclic amines) is 1. The molecule has 5 rings (SSSR count). The van der Waals surface area contributed by atoms with E-state index in [-0.39, 0.29) is 11.9 Å². The SMILES string of the molecule is COc1ccc(C2=NN(C(=O)CN3CCC4(CC3)OCCO4)C(c3ccccc3)C2)c(OC)c1. The van der Waals surface area contributed by atoms with Crippen LogP contribution in [0.2, 0.25) is 0 Å². The summed E-state index contributed by atoms with van der Waals surface area (Å²) >= 11 is 0. The number of carbonyl (C=O) groups excluding carboxylic acids is 1. The third kappa shape index (κ3) is 4.53. The lowest BCUT2D eigenvalue weighted by Crippen LogP contribution is -2.48. The molecule has 3 aliphatic rings. The Morgan fingerprint density at radius 2 is 1.79 bits per heavy atom. The van der Waals surface area contributed by atoms with Crippen LogP contribution in [0.15, 0.2) is 53.6 Å². The molecular weight excluding hydrogens is 434 g/mol. The maximum absolute atomic E-state index is 13.5. The Balaban J connectivity index is 1.36. The number of methoxy groups -OCH3 is 2. The molecule has 0 N–H and O–H groups in total. The van der Waals surface area contributed by atoms with E-state index >= 15 is 0 Å². The highest BCUT2D eigenvalue weighted by atomic mass is 16.7. The first-order chi connectivity index (χ1) is 16.6. The summed E-state index contributed by atoms with van der Waals surface area (Å²) < 4.78 is 22.6. The molecular formula is C26H31N3O5. The van der Waals surface area contributed by atoms with Gasteiger partial charge in [0.1, 0.15) is 11.5 Å². The first kappa shape index (κ1) is 22.8. The Morgan fingerprint density at radius 3 is 2.47 bits per heavy atom. The fourth-order valence-electron chi connectivity index (χ4n) is 4.98. The lowest BCUT2D eigenvalue weighted by molar-refractivity contribution is -0.186. The number of hydrazone groups is 1. The number of piperidine rings is 1. The van der Waals surface area contributed by atoms with Gasteiger partial charge >= 0.3 is 0 Å². The largest absolute Gasteiger partial charge is 0.497 e. The second kappa shape index (κ2) is 9.74. The van der Waals surface area contributed by atoms with Gasteiger partial charge in [-0.25, -0.2) is 5.01 Å². The van der Waals surface area contributed by atoms with Crippen LogP contribution in [-0.4, -0.2) is 74.4 Å². The van der Waals surface area contributed by atoms with Crippen molar-refractivity contribution in [3.8, 4) is 11.5 Å². The first-order valence-electron chi connectivity index (χ1n) is 11.8. The second-order valence-electron chi connectivity index (χ2n) is 8.87. The molecule has 1 atom stereocenters. The van der Waals surface area contributed by atoms with E-state index < -0.39 is 5.79 Å². The van der Waals surface area contributed by atoms with Crippen LogP contribution in [0.4, 0.5) is 0 Å². The third-order valence-corrected chi connectivity index (χ3v) is 6.86. The molecule has 180 valence electrons. The van der Waals surface area contributed by atoms with Crippen molar-refractivity contribution in [1.29, 1.82) is 0 Å². The van der Waals surface area contributed by atoms with Crippen LogP contribution >= 0.6 is 0 Å². The van der Waals surface area contributed by atoms with Crippen LogP contribution < -0.4 is 9.47 Å². The summed E-state index contributed by atoms with van der Waals surface area (Å²) in [5.74, 6) is 0.929. The van der Waals surface area contributed by atoms with Crippen molar-refractivity contribution in [2.24, 2.45) is 5.10 Å². The molecule has 3 aliphatic heterocycles. The predicted molar refractivity (Wildman–Crippen MR) is 127 cm³/mol. The van der Waals surface area contributed by atoms with E-state index in [1.807, 2.05) is 48.5 Å². The quantitative estimate of drug-likeness (QED) is 0.652. The van der Waals surface area contributed by atoms with Crippen LogP contribution in [0.1, 0.15) is 36.4 Å². The molecule has 2 saturated heterocycles. The zero-order chi connectivity index (χ0) is 23.5. The molecule has 34 heavy (non-hydrogen) atoms. The minimum absolute atomic E-state index is 0.0134. The van der Waals surface area contributed by atoms with Crippen molar-refractivity contribution >= 4 is 11.6 Å². The summed E-state index contributed by atoms with van der Waals surface area (Å²) in [6.45, 7) is 3.14. The standard InChI is InChI=1S/C26H31N3O5/c1-31-20-8-9-21(24(16-20)32-2)22-17-23(19-6-4-3-5-7-19)29(27-22)25(30)18-28-12-10-26(11-13-28)33-14-15-34-26/h3-9,16,23H,10-15,17-18H2,1-2H3. The van der Waals surface area contributed by atoms with Gasteiger partial charge in [-0.2, -0.15) is 5.10 Å². The Kier molecular flexibility index (Phi) is 6.54. The summed E-state index contributed by atoms with van der Waals surface area (Å²) in [7, 11) is 3.26. The van der Waals surface area contributed by atoms with E-state index in [9.17, 15) is 4.79 Å². The number of ether oxygens (including phenoxy) is 4. The van der Waals surface area contributed by atoms with Gasteiger partial charge in [0.15, 0.2) is 5.79 Å². The van der Waals surface area contributed by atoms with Crippen molar-refractivity contribution in [3.63, 3.8) is 0 Å². The van der Waals surface area contributed by atoms with Crippen LogP contribution in [0, 0.1) is 0 Å². The molecule has 0 aromatic heterocycles. The zero-order valence-electron chi connectivity index (χ0n) is 19.7. The first-order valence-corrected chi connectivity index (χ1v) is 11.8. The molecule has 0 radical (unpaired) electrons. The molecule has 1 spiro atoms. The maximum atomic E-state index is 13.5. The molecule has 0 saturated carbocycles. The van der Waals surface area contributed by atoms with Gasteiger partial charge in [-0.05, 0) is 17.7 Å². The molecule has 1 amide bonds. The molecule has 8 nitrogen and oxygen atoms in total. The van der Waals surface area contributed by atoms with Gasteiger partial charge in [0, 0.05) is 44.0 Å². The third-order valence-electron chi connectivity index (χ3n) is 6.86. The molecule has 2 aromatic carbocycles. The van der Waals surface area contributed by atoms with Crippen molar-refractivity contribution in [2.75, 3.05) is 47.1 Å². The minimum atomic E-state index is -0.448. The Morgan fingerprint density at radius 1 is 1.06 bits per heavy atom. The van der Waals surface area contributed by atoms with Gasteiger partial charge in [-0.1, -0.05) is 30.3 Å². The van der Waals surface area contributed by atoms with Gasteiger partial charge in [0.05, 0.1) is 45.7 Å². The molecule has 2 aromatic rings. The minimum Gasteiger partial charge on any atom is -0.497 e. The fourth-order valence-corrected chi connectivity index (χ4v) is 4.98. The van der Waals surface area contributed by atoms with Gasteiger partial charge < -0.3 is 18.9 Å². The van der Waals surface area contributed by atoms with Crippen LogP contribution in [-0.2, 0) is 14.3 Å². The smallest absolute Gasteiger partial charge is 0.257 e. The number of hydrogen-bond donors (Lipinski definition) is 0. The number of benzene rings is 2. The van der Waals surface area contributed by atoms with Gasteiger partial charge in [-0.15, -0.1) is 0 Å². The van der Waals surface area contributed by atoms with E-state index in [1.54, 1.807) is 19.2 Å². The lowest BCUT2D eigenvalue weighted by Gasteiger charge is -2.37. The summed E-state index contributed by atoms with van der Waals surface area (Å²) in [5, 5.41) is 6.47. The summed E-state index contributed by atoms with van der Waals surface area (Å²) in [6.07, 6.45) is 2.17. The normalized spacial score (nSPS) is 22.1. The lowest BCUT2D eigenvalue weighted by atomic mass is 9.97. The van der Waals surface area contributed by atoms with Crippen molar-refractivity contribution in [3.05, 3.63) is 59.7 Å². The average Bonchev–Trinajstić information content (AvgIpc) is 3.53. The fraction of sp³-hybridized carbons (Fsp3) is 0.462. The van der Waals surface area contributed by atoms with Crippen molar-refractivity contribution in [1.82, 2.24) is 9.91 Å². The predicted octanol–water partition coefficient (Wildman–Crippen LogP) is 3.22. The summed E-state index contributed by atoms with van der Waals surface area (Å²) in [4.78, 5) is 15.7. The van der Waals surface area contributed by atoms with Gasteiger partial charge in [0.2, 0.25) is 0 Å². The highest BCUT2D eigenvalue weighted by molar-refractivity contribution is 6.05. The second-order valence-corrected chi connectivity index (χ2v) is 8.87. The summed E-state index contributed by atoms with van der Waals surface area (Å²) in [5.41, 5.74) is 2.76. The Hall–Kier alpha value is -2.94. The summed E-state index contributed by atoms with van der Waals surface area (Å²) in [6, 6.07) is 15.6. The molecule has 1 unspecified atom stereocenters.